The van der Waals surface area contributed by atoms with Crippen LogP contribution in [0, 0.1) is 0 Å². The zero-order valence-electron chi connectivity index (χ0n) is 18.3. The van der Waals surface area contributed by atoms with Crippen LogP contribution in [0.15, 0.2) is 54.6 Å². The largest absolute Gasteiger partial charge is 0.496 e. The first-order valence-corrected chi connectivity index (χ1v) is 10.0. The summed E-state index contributed by atoms with van der Waals surface area (Å²) in [5.41, 5.74) is 2.18. The molecule has 160 valence electrons. The normalized spacial score (nSPS) is 18.3. The SMILES string of the molecule is COc1ccc([C@H]2C=CCCC=C[C@H]2c2cc(OC)c(OC)cc2OC)cc1OC. The molecule has 0 amide bonds. The quantitative estimate of drug-likeness (QED) is 0.564. The lowest BCUT2D eigenvalue weighted by atomic mass is 9.79. The smallest absolute Gasteiger partial charge is 0.164 e. The Kier molecular flexibility index (Phi) is 7.28. The molecule has 0 spiro atoms. The second kappa shape index (κ2) is 10.1. The minimum absolute atomic E-state index is 0.0504. The van der Waals surface area contributed by atoms with Crippen LogP contribution in [0.3, 0.4) is 0 Å². The van der Waals surface area contributed by atoms with E-state index in [1.807, 2.05) is 24.3 Å². The van der Waals surface area contributed by atoms with Gasteiger partial charge in [0.1, 0.15) is 5.75 Å². The number of hydrogen-bond donors (Lipinski definition) is 0. The highest BCUT2D eigenvalue weighted by molar-refractivity contribution is 5.55. The van der Waals surface area contributed by atoms with Gasteiger partial charge in [0.2, 0.25) is 0 Å². The molecule has 3 rings (SSSR count). The molecule has 0 saturated heterocycles. The Morgan fingerprint density at radius 3 is 1.70 bits per heavy atom. The van der Waals surface area contributed by atoms with Crippen LogP contribution in [0.25, 0.3) is 0 Å². The Morgan fingerprint density at radius 2 is 1.10 bits per heavy atom. The van der Waals surface area contributed by atoms with Gasteiger partial charge in [0.25, 0.3) is 0 Å². The summed E-state index contributed by atoms with van der Waals surface area (Å²) in [6.45, 7) is 0. The van der Waals surface area contributed by atoms with Gasteiger partial charge < -0.3 is 23.7 Å². The van der Waals surface area contributed by atoms with Gasteiger partial charge in [-0.2, -0.15) is 0 Å². The highest BCUT2D eigenvalue weighted by atomic mass is 16.5. The molecular weight excluding hydrogens is 380 g/mol. The summed E-state index contributed by atoms with van der Waals surface area (Å²) in [7, 11) is 8.26. The highest BCUT2D eigenvalue weighted by Crippen LogP contribution is 2.46. The molecule has 30 heavy (non-hydrogen) atoms. The van der Waals surface area contributed by atoms with E-state index in [0.29, 0.717) is 23.0 Å². The van der Waals surface area contributed by atoms with Crippen molar-refractivity contribution in [2.24, 2.45) is 0 Å². The van der Waals surface area contributed by atoms with Gasteiger partial charge in [0.05, 0.1) is 35.5 Å². The fourth-order valence-corrected chi connectivity index (χ4v) is 3.91. The number of ether oxygens (including phenoxy) is 5. The molecule has 5 heteroatoms. The van der Waals surface area contributed by atoms with Gasteiger partial charge in [-0.15, -0.1) is 0 Å². The third-order valence-corrected chi connectivity index (χ3v) is 5.46. The Morgan fingerprint density at radius 1 is 0.567 bits per heavy atom. The minimum atomic E-state index is 0.0504. The molecule has 0 N–H and O–H groups in total. The van der Waals surface area contributed by atoms with E-state index < -0.39 is 0 Å². The Bertz CT molecular complexity index is 916. The van der Waals surface area contributed by atoms with Crippen LogP contribution in [0.2, 0.25) is 0 Å². The molecule has 0 fully saturated rings. The Balaban J connectivity index is 2.15. The van der Waals surface area contributed by atoms with Crippen LogP contribution >= 0.6 is 0 Å². The summed E-state index contributed by atoms with van der Waals surface area (Å²) in [5, 5.41) is 0. The summed E-state index contributed by atoms with van der Waals surface area (Å²) in [6.07, 6.45) is 11.0. The van der Waals surface area contributed by atoms with Crippen LogP contribution < -0.4 is 23.7 Å². The first-order chi connectivity index (χ1) is 14.7. The van der Waals surface area contributed by atoms with E-state index in [9.17, 15) is 0 Å². The maximum atomic E-state index is 5.74. The number of allylic oxidation sites excluding steroid dienone is 4. The predicted octanol–water partition coefficient (Wildman–Crippen LogP) is 5.50. The number of benzene rings is 2. The summed E-state index contributed by atoms with van der Waals surface area (Å²) in [5.74, 6) is 3.66. The molecule has 1 aliphatic rings. The topological polar surface area (TPSA) is 46.2 Å². The lowest BCUT2D eigenvalue weighted by Gasteiger charge is -2.27. The molecule has 2 atom stereocenters. The van der Waals surface area contributed by atoms with Crippen LogP contribution in [0.1, 0.15) is 35.8 Å². The van der Waals surface area contributed by atoms with E-state index in [1.165, 1.54) is 0 Å². The third kappa shape index (κ3) is 4.40. The van der Waals surface area contributed by atoms with Crippen LogP contribution in [0.5, 0.6) is 28.7 Å². The minimum Gasteiger partial charge on any atom is -0.496 e. The van der Waals surface area contributed by atoms with Gasteiger partial charge in [0, 0.05) is 23.5 Å². The zero-order chi connectivity index (χ0) is 21.5. The van der Waals surface area contributed by atoms with Gasteiger partial charge in [-0.1, -0.05) is 30.4 Å². The van der Waals surface area contributed by atoms with Crippen LogP contribution in [-0.2, 0) is 0 Å². The van der Waals surface area contributed by atoms with E-state index in [1.54, 1.807) is 35.5 Å². The van der Waals surface area contributed by atoms with Crippen molar-refractivity contribution < 1.29 is 23.7 Å². The predicted molar refractivity (Wildman–Crippen MR) is 119 cm³/mol. The maximum Gasteiger partial charge on any atom is 0.164 e. The molecule has 1 aliphatic carbocycles. The van der Waals surface area contributed by atoms with Crippen molar-refractivity contribution in [3.63, 3.8) is 0 Å². The lowest BCUT2D eigenvalue weighted by molar-refractivity contribution is 0.346. The Labute approximate surface area is 178 Å². The summed E-state index contributed by atoms with van der Waals surface area (Å²) in [4.78, 5) is 0. The molecule has 0 radical (unpaired) electrons. The molecule has 5 nitrogen and oxygen atoms in total. The molecule has 0 saturated carbocycles. The number of methoxy groups -OCH3 is 5. The summed E-state index contributed by atoms with van der Waals surface area (Å²) < 4.78 is 27.7. The lowest BCUT2D eigenvalue weighted by Crippen LogP contribution is -2.11. The zero-order valence-corrected chi connectivity index (χ0v) is 18.3. The van der Waals surface area contributed by atoms with Crippen molar-refractivity contribution in [3.8, 4) is 28.7 Å². The second-order valence-corrected chi connectivity index (χ2v) is 7.05. The van der Waals surface area contributed by atoms with Gasteiger partial charge in [-0.25, -0.2) is 0 Å². The third-order valence-electron chi connectivity index (χ3n) is 5.46. The molecule has 2 aromatic carbocycles. The van der Waals surface area contributed by atoms with Crippen LogP contribution in [-0.4, -0.2) is 35.5 Å². The van der Waals surface area contributed by atoms with E-state index in [0.717, 1.165) is 29.7 Å². The van der Waals surface area contributed by atoms with E-state index in [4.69, 9.17) is 23.7 Å². The molecular formula is C25H30O5. The molecule has 0 aliphatic heterocycles. The molecule has 0 unspecified atom stereocenters. The highest BCUT2D eigenvalue weighted by Gasteiger charge is 2.27. The van der Waals surface area contributed by atoms with Crippen molar-refractivity contribution in [2.45, 2.75) is 24.7 Å². The molecule has 2 aromatic rings. The van der Waals surface area contributed by atoms with Crippen molar-refractivity contribution in [1.29, 1.82) is 0 Å². The van der Waals surface area contributed by atoms with Crippen molar-refractivity contribution in [3.05, 3.63) is 65.8 Å². The van der Waals surface area contributed by atoms with Gasteiger partial charge in [0.15, 0.2) is 23.0 Å². The van der Waals surface area contributed by atoms with Crippen LogP contribution in [0.4, 0.5) is 0 Å². The first-order valence-electron chi connectivity index (χ1n) is 10.0. The summed E-state index contributed by atoms with van der Waals surface area (Å²) >= 11 is 0. The molecule has 0 heterocycles. The van der Waals surface area contributed by atoms with E-state index in [-0.39, 0.29) is 11.8 Å². The van der Waals surface area contributed by atoms with Gasteiger partial charge >= 0.3 is 0 Å². The van der Waals surface area contributed by atoms with Crippen molar-refractivity contribution >= 4 is 0 Å². The first kappa shape index (κ1) is 21.6. The molecule has 0 aromatic heterocycles. The average Bonchev–Trinajstić information content (AvgIpc) is 2.77. The van der Waals surface area contributed by atoms with Gasteiger partial charge in [-0.3, -0.25) is 0 Å². The number of rotatable bonds is 7. The van der Waals surface area contributed by atoms with Gasteiger partial charge in [-0.05, 0) is 36.6 Å². The molecule has 0 bridgehead atoms. The van der Waals surface area contributed by atoms with E-state index in [2.05, 4.69) is 30.4 Å². The number of hydrogen-bond acceptors (Lipinski definition) is 5. The standard InChI is InChI=1S/C25H30O5/c1-26-21-13-12-17(14-23(21)28-3)18-10-8-6-7-9-11-19(18)20-15-24(29-4)25(30-5)16-22(20)27-2/h8-16,18-19H,6-7H2,1-5H3/t18-,19-/m1/s1. The van der Waals surface area contributed by atoms with Crippen molar-refractivity contribution in [1.82, 2.24) is 0 Å². The van der Waals surface area contributed by atoms with Crippen molar-refractivity contribution in [2.75, 3.05) is 35.5 Å². The fraction of sp³-hybridized carbons (Fsp3) is 0.360. The monoisotopic (exact) mass is 410 g/mol. The van der Waals surface area contributed by atoms with E-state index >= 15 is 0 Å². The second-order valence-electron chi connectivity index (χ2n) is 7.05. The fourth-order valence-electron chi connectivity index (χ4n) is 3.91. The average molecular weight is 411 g/mol. The Hall–Kier alpha value is -3.08. The maximum absolute atomic E-state index is 5.74. The summed E-state index contributed by atoms with van der Waals surface area (Å²) in [6, 6.07) is 9.98.